The summed E-state index contributed by atoms with van der Waals surface area (Å²) >= 11 is 0. The highest BCUT2D eigenvalue weighted by Crippen LogP contribution is 2.17. The topological polar surface area (TPSA) is 37.3 Å². The number of benzene rings is 1. The molecular formula is C12H12F2O2. The first-order valence-corrected chi connectivity index (χ1v) is 4.82. The molecule has 4 heteroatoms. The zero-order valence-corrected chi connectivity index (χ0v) is 9.00. The molecule has 2 nitrogen and oxygen atoms in total. The molecule has 0 bridgehead atoms. The van der Waals surface area contributed by atoms with Crippen molar-refractivity contribution >= 4 is 12.0 Å². The van der Waals surface area contributed by atoms with Gasteiger partial charge < -0.3 is 5.11 Å². The molecule has 0 aliphatic heterocycles. The number of rotatable bonds is 3. The molecule has 1 N–H and O–H groups in total. The summed E-state index contributed by atoms with van der Waals surface area (Å²) in [5.41, 5.74) is -0.601. The summed E-state index contributed by atoms with van der Waals surface area (Å²) in [6, 6.07) is 2.01. The summed E-state index contributed by atoms with van der Waals surface area (Å²) in [5.74, 6) is -3.47. The van der Waals surface area contributed by atoms with Crippen molar-refractivity contribution in [3.63, 3.8) is 0 Å². The Morgan fingerprint density at radius 3 is 2.19 bits per heavy atom. The zero-order chi connectivity index (χ0) is 12.3. The second-order valence-corrected chi connectivity index (χ2v) is 3.77. The van der Waals surface area contributed by atoms with Crippen molar-refractivity contribution in [2.24, 2.45) is 5.92 Å². The molecule has 0 atom stereocenters. The highest BCUT2D eigenvalue weighted by atomic mass is 19.1. The van der Waals surface area contributed by atoms with Gasteiger partial charge in [-0.05, 0) is 23.6 Å². The fraction of sp³-hybridized carbons (Fsp3) is 0.250. The van der Waals surface area contributed by atoms with E-state index >= 15 is 0 Å². The van der Waals surface area contributed by atoms with E-state index in [-0.39, 0.29) is 5.92 Å². The molecule has 1 aromatic carbocycles. The lowest BCUT2D eigenvalue weighted by Crippen LogP contribution is -2.04. The summed E-state index contributed by atoms with van der Waals surface area (Å²) in [7, 11) is 0. The van der Waals surface area contributed by atoms with E-state index < -0.39 is 23.2 Å². The van der Waals surface area contributed by atoms with E-state index in [4.69, 9.17) is 5.11 Å². The first-order valence-electron chi connectivity index (χ1n) is 4.82. The molecule has 0 amide bonds. The van der Waals surface area contributed by atoms with Gasteiger partial charge >= 0.3 is 5.97 Å². The van der Waals surface area contributed by atoms with Crippen LogP contribution in [0.5, 0.6) is 0 Å². The summed E-state index contributed by atoms with van der Waals surface area (Å²) in [5, 5.41) is 8.56. The molecule has 0 saturated carbocycles. The average Bonchev–Trinajstić information content (AvgIpc) is 2.12. The van der Waals surface area contributed by atoms with Crippen LogP contribution in [-0.2, 0) is 0 Å². The molecular weight excluding hydrogens is 214 g/mol. The Balaban J connectivity index is 3.15. The van der Waals surface area contributed by atoms with Crippen LogP contribution in [0.3, 0.4) is 0 Å². The van der Waals surface area contributed by atoms with Crippen LogP contribution >= 0.6 is 0 Å². The zero-order valence-electron chi connectivity index (χ0n) is 9.00. The minimum absolute atomic E-state index is 0.255. The van der Waals surface area contributed by atoms with Gasteiger partial charge in [-0.1, -0.05) is 26.0 Å². The van der Waals surface area contributed by atoms with Gasteiger partial charge in [0.15, 0.2) is 0 Å². The molecule has 0 aromatic heterocycles. The van der Waals surface area contributed by atoms with Crippen LogP contribution in [0.15, 0.2) is 18.2 Å². The van der Waals surface area contributed by atoms with E-state index in [2.05, 4.69) is 0 Å². The van der Waals surface area contributed by atoms with E-state index in [1.54, 1.807) is 12.2 Å². The number of hydrogen-bond acceptors (Lipinski definition) is 1. The van der Waals surface area contributed by atoms with Crippen molar-refractivity contribution in [3.8, 4) is 0 Å². The number of allylic oxidation sites excluding steroid dienone is 1. The first-order chi connectivity index (χ1) is 7.41. The summed E-state index contributed by atoms with van der Waals surface area (Å²) in [6.45, 7) is 3.85. The Hall–Kier alpha value is -1.71. The van der Waals surface area contributed by atoms with Gasteiger partial charge in [0.05, 0.1) is 0 Å². The maximum atomic E-state index is 13.2. The molecule has 0 fully saturated rings. The molecule has 1 aromatic rings. The van der Waals surface area contributed by atoms with Crippen molar-refractivity contribution in [1.82, 2.24) is 0 Å². The normalized spacial score (nSPS) is 11.3. The van der Waals surface area contributed by atoms with E-state index in [0.29, 0.717) is 5.56 Å². The lowest BCUT2D eigenvalue weighted by Gasteiger charge is -2.02. The van der Waals surface area contributed by atoms with Crippen LogP contribution in [-0.4, -0.2) is 11.1 Å². The maximum Gasteiger partial charge on any atom is 0.341 e. The molecule has 16 heavy (non-hydrogen) atoms. The van der Waals surface area contributed by atoms with E-state index in [0.717, 1.165) is 12.1 Å². The third kappa shape index (κ3) is 2.89. The number of carbonyl (C=O) groups is 1. The number of hydrogen-bond donors (Lipinski definition) is 1. The molecule has 0 unspecified atom stereocenters. The Bertz CT molecular complexity index is 414. The average molecular weight is 226 g/mol. The van der Waals surface area contributed by atoms with Crippen LogP contribution < -0.4 is 0 Å². The molecule has 0 spiro atoms. The smallest absolute Gasteiger partial charge is 0.341 e. The van der Waals surface area contributed by atoms with Crippen molar-refractivity contribution in [3.05, 3.63) is 41.0 Å². The Kier molecular flexibility index (Phi) is 3.77. The first kappa shape index (κ1) is 12.4. The molecule has 0 heterocycles. The van der Waals surface area contributed by atoms with E-state index in [9.17, 15) is 13.6 Å². The summed E-state index contributed by atoms with van der Waals surface area (Å²) in [6.07, 6.45) is 3.33. The van der Waals surface area contributed by atoms with Gasteiger partial charge in [-0.15, -0.1) is 0 Å². The molecule has 1 rings (SSSR count). The van der Waals surface area contributed by atoms with Crippen molar-refractivity contribution in [2.75, 3.05) is 0 Å². The minimum atomic E-state index is -1.60. The van der Waals surface area contributed by atoms with Crippen LogP contribution in [0.1, 0.15) is 29.8 Å². The van der Waals surface area contributed by atoms with E-state index in [1.807, 2.05) is 13.8 Å². The molecule has 0 aliphatic carbocycles. The number of carboxylic acids is 1. The fourth-order valence-electron chi connectivity index (χ4n) is 1.20. The highest BCUT2D eigenvalue weighted by Gasteiger charge is 2.16. The Labute approximate surface area is 92.2 Å². The maximum absolute atomic E-state index is 13.2. The summed E-state index contributed by atoms with van der Waals surface area (Å²) in [4.78, 5) is 10.5. The van der Waals surface area contributed by atoms with Gasteiger partial charge in [0.1, 0.15) is 17.2 Å². The van der Waals surface area contributed by atoms with Crippen LogP contribution in [0.2, 0.25) is 0 Å². The van der Waals surface area contributed by atoms with Crippen LogP contribution in [0.4, 0.5) is 8.78 Å². The molecule has 0 radical (unpaired) electrons. The van der Waals surface area contributed by atoms with Gasteiger partial charge in [0.2, 0.25) is 0 Å². The van der Waals surface area contributed by atoms with Crippen molar-refractivity contribution in [1.29, 1.82) is 0 Å². The largest absolute Gasteiger partial charge is 0.477 e. The molecule has 86 valence electrons. The van der Waals surface area contributed by atoms with Gasteiger partial charge in [-0.3, -0.25) is 0 Å². The Morgan fingerprint density at radius 2 is 1.81 bits per heavy atom. The lowest BCUT2D eigenvalue weighted by molar-refractivity contribution is 0.0686. The van der Waals surface area contributed by atoms with Gasteiger partial charge in [-0.2, -0.15) is 0 Å². The Morgan fingerprint density at radius 1 is 1.31 bits per heavy atom. The standard InChI is InChI=1S/C12H12F2O2/c1-7(2)3-4-8-5-9(13)11(12(15)16)10(14)6-8/h3-7H,1-2H3,(H,15,16)/b4-3+. The number of carboxylic acid groups (broad SMARTS) is 1. The molecule has 0 saturated heterocycles. The number of aromatic carboxylic acids is 1. The lowest BCUT2D eigenvalue weighted by atomic mass is 10.1. The second kappa shape index (κ2) is 4.88. The second-order valence-electron chi connectivity index (χ2n) is 3.77. The number of halogens is 2. The van der Waals surface area contributed by atoms with E-state index in [1.165, 1.54) is 0 Å². The van der Waals surface area contributed by atoms with Crippen molar-refractivity contribution in [2.45, 2.75) is 13.8 Å². The quantitative estimate of drug-likeness (QED) is 0.858. The summed E-state index contributed by atoms with van der Waals surface area (Å²) < 4.78 is 26.5. The van der Waals surface area contributed by atoms with Gasteiger partial charge in [-0.25, -0.2) is 13.6 Å². The predicted molar refractivity (Wildman–Crippen MR) is 57.2 cm³/mol. The molecule has 0 aliphatic rings. The van der Waals surface area contributed by atoms with Crippen LogP contribution in [0, 0.1) is 17.6 Å². The fourth-order valence-corrected chi connectivity index (χ4v) is 1.20. The van der Waals surface area contributed by atoms with Gasteiger partial charge in [0, 0.05) is 0 Å². The minimum Gasteiger partial charge on any atom is -0.477 e. The van der Waals surface area contributed by atoms with Crippen molar-refractivity contribution < 1.29 is 18.7 Å². The monoisotopic (exact) mass is 226 g/mol. The van der Waals surface area contributed by atoms with Crippen LogP contribution in [0.25, 0.3) is 6.08 Å². The third-order valence-electron chi connectivity index (χ3n) is 1.95. The predicted octanol–water partition coefficient (Wildman–Crippen LogP) is 3.33. The third-order valence-corrected chi connectivity index (χ3v) is 1.95. The highest BCUT2D eigenvalue weighted by molar-refractivity contribution is 5.88. The van der Waals surface area contributed by atoms with Gasteiger partial charge in [0.25, 0.3) is 0 Å². The SMILES string of the molecule is CC(C)/C=C/c1cc(F)c(C(=O)O)c(F)c1.